The summed E-state index contributed by atoms with van der Waals surface area (Å²) in [6.45, 7) is 0.718. The van der Waals surface area contributed by atoms with Crippen molar-refractivity contribution >= 4 is 44.1 Å². The summed E-state index contributed by atoms with van der Waals surface area (Å²) in [5.41, 5.74) is 2.60. The van der Waals surface area contributed by atoms with E-state index in [0.29, 0.717) is 12.4 Å². The first-order chi connectivity index (χ1) is 14.4. The molecule has 31 heavy (non-hydrogen) atoms. The van der Waals surface area contributed by atoms with Crippen LogP contribution < -0.4 is 10.2 Å². The van der Waals surface area contributed by atoms with Gasteiger partial charge in [0.2, 0.25) is 0 Å². The van der Waals surface area contributed by atoms with Gasteiger partial charge in [-0.25, -0.2) is 13.9 Å². The molecule has 8 nitrogen and oxygen atoms in total. The maximum absolute atomic E-state index is 13.2. The lowest BCUT2D eigenvalue weighted by atomic mass is 9.98. The summed E-state index contributed by atoms with van der Waals surface area (Å²) in [5.74, 6) is -0.401. The van der Waals surface area contributed by atoms with E-state index in [-0.39, 0.29) is 43.4 Å². The van der Waals surface area contributed by atoms with Crippen LogP contribution in [0, 0.1) is 0 Å². The van der Waals surface area contributed by atoms with Crippen LogP contribution in [-0.2, 0) is 25.8 Å². The number of hydrogen-bond donors (Lipinski definition) is 2. The lowest BCUT2D eigenvalue weighted by Gasteiger charge is -2.34. The average Bonchev–Trinajstić information content (AvgIpc) is 2.77. The van der Waals surface area contributed by atoms with Gasteiger partial charge >= 0.3 is 0 Å². The SMILES string of the molecule is Cl.O=C(NO)C1(S(=O)(=O)c2ccc(OCCCc3cncc(Br)c3)cc2)CCOCC1. The number of rotatable bonds is 8. The van der Waals surface area contributed by atoms with Crippen LogP contribution in [0.25, 0.3) is 0 Å². The first kappa shape index (κ1) is 25.5. The van der Waals surface area contributed by atoms with Gasteiger partial charge in [-0.05, 0) is 77.5 Å². The van der Waals surface area contributed by atoms with Crippen molar-refractivity contribution in [2.24, 2.45) is 0 Å². The molecule has 1 saturated heterocycles. The molecule has 0 atom stereocenters. The van der Waals surface area contributed by atoms with Crippen LogP contribution in [0.4, 0.5) is 0 Å². The van der Waals surface area contributed by atoms with Crippen molar-refractivity contribution in [1.29, 1.82) is 0 Å². The van der Waals surface area contributed by atoms with Crippen LogP contribution in [0.5, 0.6) is 5.75 Å². The summed E-state index contributed by atoms with van der Waals surface area (Å²) in [6, 6.07) is 7.98. The minimum absolute atomic E-state index is 0. The number of carbonyl (C=O) groups is 1. The summed E-state index contributed by atoms with van der Waals surface area (Å²) in [6.07, 6.45) is 5.07. The first-order valence-corrected chi connectivity index (χ1v) is 11.8. The minimum atomic E-state index is -4.04. The van der Waals surface area contributed by atoms with Gasteiger partial charge in [0.15, 0.2) is 14.6 Å². The Morgan fingerprint density at radius 3 is 2.52 bits per heavy atom. The zero-order valence-corrected chi connectivity index (χ0v) is 19.8. The largest absolute Gasteiger partial charge is 0.494 e. The Bertz CT molecular complexity index is 981. The second-order valence-corrected chi connectivity index (χ2v) is 10.2. The number of carbonyl (C=O) groups excluding carboxylic acids is 1. The predicted molar refractivity (Wildman–Crippen MR) is 119 cm³/mol. The van der Waals surface area contributed by atoms with E-state index in [1.165, 1.54) is 17.6 Å². The summed E-state index contributed by atoms with van der Waals surface area (Å²) in [5, 5.41) is 9.09. The Morgan fingerprint density at radius 2 is 1.90 bits per heavy atom. The molecule has 2 heterocycles. The van der Waals surface area contributed by atoms with E-state index in [9.17, 15) is 13.2 Å². The van der Waals surface area contributed by atoms with Gasteiger partial charge in [-0.3, -0.25) is 15.0 Å². The average molecular weight is 536 g/mol. The number of hydrogen-bond acceptors (Lipinski definition) is 7. The molecule has 11 heteroatoms. The number of pyridine rings is 1. The van der Waals surface area contributed by atoms with Gasteiger partial charge in [0, 0.05) is 30.1 Å². The van der Waals surface area contributed by atoms with Crippen molar-refractivity contribution in [2.75, 3.05) is 19.8 Å². The number of sulfone groups is 1. The fourth-order valence-electron chi connectivity index (χ4n) is 3.42. The molecule has 1 aromatic carbocycles. The molecule has 0 unspecified atom stereocenters. The Kier molecular flexibility index (Phi) is 9.26. The van der Waals surface area contributed by atoms with E-state index in [0.717, 1.165) is 22.9 Å². The lowest BCUT2D eigenvalue weighted by molar-refractivity contribution is -0.134. The highest BCUT2D eigenvalue weighted by Crippen LogP contribution is 2.35. The van der Waals surface area contributed by atoms with Crippen molar-refractivity contribution in [1.82, 2.24) is 10.5 Å². The maximum atomic E-state index is 13.2. The molecule has 0 bridgehead atoms. The quantitative estimate of drug-likeness (QED) is 0.303. The topological polar surface area (TPSA) is 115 Å². The van der Waals surface area contributed by atoms with Crippen LogP contribution >= 0.6 is 28.3 Å². The second kappa shape index (κ2) is 11.2. The highest BCUT2D eigenvalue weighted by atomic mass is 79.9. The molecule has 3 rings (SSSR count). The van der Waals surface area contributed by atoms with Crippen molar-refractivity contribution < 1.29 is 27.9 Å². The number of benzene rings is 1. The fraction of sp³-hybridized carbons (Fsp3) is 0.400. The predicted octanol–water partition coefficient (Wildman–Crippen LogP) is 3.11. The Morgan fingerprint density at radius 1 is 1.23 bits per heavy atom. The smallest absolute Gasteiger partial charge is 0.265 e. The Balaban J connectivity index is 0.00000341. The van der Waals surface area contributed by atoms with E-state index >= 15 is 0 Å². The fourth-order valence-corrected chi connectivity index (χ4v) is 5.77. The summed E-state index contributed by atoms with van der Waals surface area (Å²) < 4.78 is 36.5. The van der Waals surface area contributed by atoms with E-state index in [1.54, 1.807) is 24.5 Å². The zero-order valence-electron chi connectivity index (χ0n) is 16.6. The Hall–Kier alpha value is -1.72. The number of amides is 1. The number of hydroxylamine groups is 1. The second-order valence-electron chi connectivity index (χ2n) is 6.99. The third kappa shape index (κ3) is 5.75. The molecule has 1 amide bonds. The van der Waals surface area contributed by atoms with Crippen molar-refractivity contribution in [3.63, 3.8) is 0 Å². The van der Waals surface area contributed by atoms with Crippen LogP contribution in [0.15, 0.2) is 52.1 Å². The molecule has 0 radical (unpaired) electrons. The van der Waals surface area contributed by atoms with Gasteiger partial charge in [0.1, 0.15) is 5.75 Å². The van der Waals surface area contributed by atoms with Crippen molar-refractivity contribution in [3.05, 3.63) is 52.8 Å². The van der Waals surface area contributed by atoms with Crippen LogP contribution in [0.1, 0.15) is 24.8 Å². The van der Waals surface area contributed by atoms with E-state index < -0.39 is 20.5 Å². The van der Waals surface area contributed by atoms with Gasteiger partial charge in [0.05, 0.1) is 11.5 Å². The number of aromatic nitrogens is 1. The number of nitrogens with one attached hydrogen (secondary N) is 1. The first-order valence-electron chi connectivity index (χ1n) is 9.48. The molecule has 2 aromatic rings. The zero-order chi connectivity index (χ0) is 21.6. The highest BCUT2D eigenvalue weighted by Gasteiger charge is 2.52. The van der Waals surface area contributed by atoms with Crippen molar-refractivity contribution in [2.45, 2.75) is 35.3 Å². The molecule has 1 aliphatic rings. The molecule has 1 aliphatic heterocycles. The molecule has 1 aromatic heterocycles. The molecule has 0 aliphatic carbocycles. The summed E-state index contributed by atoms with van der Waals surface area (Å²) >= 11 is 3.39. The van der Waals surface area contributed by atoms with Gasteiger partial charge in [-0.15, -0.1) is 12.4 Å². The molecular formula is C20H24BrClN2O6S. The minimum Gasteiger partial charge on any atom is -0.494 e. The monoisotopic (exact) mass is 534 g/mol. The molecule has 170 valence electrons. The molecule has 1 fully saturated rings. The Labute approximate surface area is 195 Å². The normalized spacial score (nSPS) is 15.5. The van der Waals surface area contributed by atoms with E-state index in [1.807, 2.05) is 6.07 Å². The van der Waals surface area contributed by atoms with Crippen LogP contribution in [-0.4, -0.2) is 49.1 Å². The van der Waals surface area contributed by atoms with Gasteiger partial charge < -0.3 is 9.47 Å². The summed E-state index contributed by atoms with van der Waals surface area (Å²) in [7, 11) is -4.04. The van der Waals surface area contributed by atoms with Crippen LogP contribution in [0.3, 0.4) is 0 Å². The lowest BCUT2D eigenvalue weighted by Crippen LogP contribution is -2.54. The number of aryl methyl sites for hydroxylation is 1. The van der Waals surface area contributed by atoms with Gasteiger partial charge in [0.25, 0.3) is 5.91 Å². The summed E-state index contributed by atoms with van der Waals surface area (Å²) in [4.78, 5) is 16.4. The maximum Gasteiger partial charge on any atom is 0.265 e. The number of halogens is 2. The van der Waals surface area contributed by atoms with Gasteiger partial charge in [-0.2, -0.15) is 0 Å². The standard InChI is InChI=1S/C20H23BrN2O6S.ClH/c21-16-12-15(13-22-14-16)2-1-9-29-17-3-5-18(6-4-17)30(26,27)20(19(24)23-25)7-10-28-11-8-20;/h3-6,12-14,25H,1-2,7-11H2,(H,23,24);1H. The highest BCUT2D eigenvalue weighted by molar-refractivity contribution is 9.10. The van der Waals surface area contributed by atoms with Crippen molar-refractivity contribution in [3.8, 4) is 5.75 Å². The van der Waals surface area contributed by atoms with Crippen LogP contribution in [0.2, 0.25) is 0 Å². The van der Waals surface area contributed by atoms with E-state index in [4.69, 9.17) is 14.7 Å². The molecular weight excluding hydrogens is 512 g/mol. The number of ether oxygens (including phenoxy) is 2. The molecule has 0 saturated carbocycles. The van der Waals surface area contributed by atoms with Gasteiger partial charge in [-0.1, -0.05) is 0 Å². The number of nitrogens with zero attached hydrogens (tertiary/aromatic N) is 1. The molecule has 2 N–H and O–H groups in total. The third-order valence-electron chi connectivity index (χ3n) is 5.10. The third-order valence-corrected chi connectivity index (χ3v) is 8.05. The van der Waals surface area contributed by atoms with E-state index in [2.05, 4.69) is 20.9 Å². The molecule has 0 spiro atoms.